The molecule has 0 fully saturated rings. The number of aryl methyl sites for hydroxylation is 1. The number of rotatable bonds is 4. The Morgan fingerprint density at radius 3 is 2.71 bits per heavy atom. The predicted octanol–water partition coefficient (Wildman–Crippen LogP) is 0.942. The molecule has 0 amide bonds. The number of hydrogen-bond donors (Lipinski definition) is 2. The van der Waals surface area contributed by atoms with Gasteiger partial charge in [-0.25, -0.2) is 0 Å². The molecular formula is C11H14N2O. The van der Waals surface area contributed by atoms with Crippen LogP contribution in [0.15, 0.2) is 18.2 Å². The van der Waals surface area contributed by atoms with Crippen molar-refractivity contribution in [1.29, 1.82) is 5.26 Å². The van der Waals surface area contributed by atoms with Gasteiger partial charge in [-0.3, -0.25) is 0 Å². The molecule has 14 heavy (non-hydrogen) atoms. The highest BCUT2D eigenvalue weighted by molar-refractivity contribution is 5.38. The Morgan fingerprint density at radius 2 is 2.14 bits per heavy atom. The molecule has 0 bridgehead atoms. The van der Waals surface area contributed by atoms with Gasteiger partial charge >= 0.3 is 0 Å². The number of nitrogens with zero attached hydrogens (tertiary/aromatic N) is 1. The van der Waals surface area contributed by atoms with Crippen LogP contribution >= 0.6 is 0 Å². The van der Waals surface area contributed by atoms with Gasteiger partial charge in [-0.2, -0.15) is 5.26 Å². The summed E-state index contributed by atoms with van der Waals surface area (Å²) in [5.41, 5.74) is 8.34. The molecule has 0 aromatic heterocycles. The van der Waals surface area contributed by atoms with E-state index in [2.05, 4.69) is 6.07 Å². The second kappa shape index (κ2) is 5.38. The molecule has 1 aromatic carbocycles. The summed E-state index contributed by atoms with van der Waals surface area (Å²) in [6.45, 7) is 0.646. The minimum absolute atomic E-state index is 0.167. The van der Waals surface area contributed by atoms with Crippen molar-refractivity contribution >= 4 is 0 Å². The third-order valence-corrected chi connectivity index (χ3v) is 2.16. The third kappa shape index (κ3) is 2.56. The lowest BCUT2D eigenvalue weighted by Crippen LogP contribution is -2.03. The molecule has 1 rings (SSSR count). The Morgan fingerprint density at radius 1 is 1.36 bits per heavy atom. The van der Waals surface area contributed by atoms with E-state index in [0.717, 1.165) is 17.5 Å². The van der Waals surface area contributed by atoms with Gasteiger partial charge in [0.25, 0.3) is 0 Å². The highest BCUT2D eigenvalue weighted by Gasteiger charge is 2.02. The quantitative estimate of drug-likeness (QED) is 0.742. The van der Waals surface area contributed by atoms with Gasteiger partial charge in [-0.15, -0.1) is 0 Å². The fraction of sp³-hybridized carbons (Fsp3) is 0.364. The standard InChI is InChI=1S/C11H14N2O/c12-7-9-3-4-11(8-13)10(6-9)2-1-5-14/h3-4,6,14H,1-2,5,8,13H2. The van der Waals surface area contributed by atoms with Crippen molar-refractivity contribution in [2.75, 3.05) is 6.61 Å². The summed E-state index contributed by atoms with van der Waals surface area (Å²) < 4.78 is 0. The van der Waals surface area contributed by atoms with E-state index in [-0.39, 0.29) is 6.61 Å². The number of aliphatic hydroxyl groups excluding tert-OH is 1. The highest BCUT2D eigenvalue weighted by Crippen LogP contribution is 2.13. The molecule has 0 saturated carbocycles. The smallest absolute Gasteiger partial charge is 0.0991 e. The van der Waals surface area contributed by atoms with Gasteiger partial charge in [0.15, 0.2) is 0 Å². The number of hydrogen-bond acceptors (Lipinski definition) is 3. The Bertz CT molecular complexity index is 342. The monoisotopic (exact) mass is 190 g/mol. The van der Waals surface area contributed by atoms with Crippen LogP contribution in [0.4, 0.5) is 0 Å². The van der Waals surface area contributed by atoms with Gasteiger partial charge < -0.3 is 10.8 Å². The first-order valence-electron chi connectivity index (χ1n) is 4.64. The van der Waals surface area contributed by atoms with Gasteiger partial charge in [0.1, 0.15) is 0 Å². The minimum atomic E-state index is 0.167. The van der Waals surface area contributed by atoms with Crippen molar-refractivity contribution in [3.05, 3.63) is 34.9 Å². The maximum Gasteiger partial charge on any atom is 0.0991 e. The molecular weight excluding hydrogens is 176 g/mol. The first-order chi connectivity index (χ1) is 6.81. The summed E-state index contributed by atoms with van der Waals surface area (Å²) in [7, 11) is 0. The van der Waals surface area contributed by atoms with Gasteiger partial charge in [0, 0.05) is 13.2 Å². The molecule has 0 aliphatic rings. The maximum absolute atomic E-state index is 8.72. The molecule has 0 radical (unpaired) electrons. The molecule has 0 heterocycles. The average Bonchev–Trinajstić information content (AvgIpc) is 2.25. The summed E-state index contributed by atoms with van der Waals surface area (Å²) >= 11 is 0. The Hall–Kier alpha value is -1.37. The van der Waals surface area contributed by atoms with E-state index in [1.807, 2.05) is 12.1 Å². The molecule has 0 atom stereocenters. The lowest BCUT2D eigenvalue weighted by Gasteiger charge is -2.06. The number of aliphatic hydroxyl groups is 1. The van der Waals surface area contributed by atoms with E-state index >= 15 is 0 Å². The van der Waals surface area contributed by atoms with Crippen molar-refractivity contribution in [1.82, 2.24) is 0 Å². The van der Waals surface area contributed by atoms with Crippen LogP contribution in [0.5, 0.6) is 0 Å². The van der Waals surface area contributed by atoms with Crippen LogP contribution in [0, 0.1) is 11.3 Å². The van der Waals surface area contributed by atoms with Crippen LogP contribution in [0.3, 0.4) is 0 Å². The zero-order valence-corrected chi connectivity index (χ0v) is 8.03. The van der Waals surface area contributed by atoms with Gasteiger partial charge in [0.2, 0.25) is 0 Å². The molecule has 3 nitrogen and oxygen atoms in total. The summed E-state index contributed by atoms with van der Waals surface area (Å²) in [4.78, 5) is 0. The second-order valence-electron chi connectivity index (χ2n) is 3.13. The Labute approximate surface area is 83.8 Å². The molecule has 3 N–H and O–H groups in total. The van der Waals surface area contributed by atoms with Crippen LogP contribution in [0.2, 0.25) is 0 Å². The highest BCUT2D eigenvalue weighted by atomic mass is 16.2. The van der Waals surface area contributed by atoms with Crippen LogP contribution in [0.1, 0.15) is 23.1 Å². The van der Waals surface area contributed by atoms with Gasteiger partial charge in [-0.05, 0) is 36.1 Å². The largest absolute Gasteiger partial charge is 0.396 e. The van der Waals surface area contributed by atoms with Gasteiger partial charge in [-0.1, -0.05) is 6.07 Å². The number of nitriles is 1. The zero-order chi connectivity index (χ0) is 10.4. The molecule has 1 aromatic rings. The SMILES string of the molecule is N#Cc1ccc(CN)c(CCCO)c1. The van der Waals surface area contributed by atoms with E-state index in [1.54, 1.807) is 6.07 Å². The summed E-state index contributed by atoms with van der Waals surface area (Å²) in [5, 5.41) is 17.4. The molecule has 0 aliphatic heterocycles. The van der Waals surface area contributed by atoms with Crippen LogP contribution in [-0.4, -0.2) is 11.7 Å². The lowest BCUT2D eigenvalue weighted by molar-refractivity contribution is 0.288. The van der Waals surface area contributed by atoms with Crippen molar-refractivity contribution in [3.8, 4) is 6.07 Å². The third-order valence-electron chi connectivity index (χ3n) is 2.16. The van der Waals surface area contributed by atoms with E-state index in [9.17, 15) is 0 Å². The summed E-state index contributed by atoms with van der Waals surface area (Å²) in [5.74, 6) is 0. The fourth-order valence-electron chi connectivity index (χ4n) is 1.40. The molecule has 0 spiro atoms. The molecule has 0 unspecified atom stereocenters. The van der Waals surface area contributed by atoms with Crippen LogP contribution < -0.4 is 5.73 Å². The van der Waals surface area contributed by atoms with Gasteiger partial charge in [0.05, 0.1) is 11.6 Å². The van der Waals surface area contributed by atoms with Crippen LogP contribution in [-0.2, 0) is 13.0 Å². The second-order valence-corrected chi connectivity index (χ2v) is 3.13. The normalized spacial score (nSPS) is 9.79. The van der Waals surface area contributed by atoms with Crippen molar-refractivity contribution in [2.24, 2.45) is 5.73 Å². The van der Waals surface area contributed by atoms with Crippen LogP contribution in [0.25, 0.3) is 0 Å². The predicted molar refractivity (Wildman–Crippen MR) is 54.5 cm³/mol. The Kier molecular flexibility index (Phi) is 4.11. The number of nitrogens with two attached hydrogens (primary N) is 1. The van der Waals surface area contributed by atoms with E-state index < -0.39 is 0 Å². The molecule has 0 saturated heterocycles. The van der Waals surface area contributed by atoms with E-state index in [4.69, 9.17) is 16.1 Å². The summed E-state index contributed by atoms with van der Waals surface area (Å²) in [6.07, 6.45) is 1.49. The molecule has 74 valence electrons. The van der Waals surface area contributed by atoms with E-state index in [0.29, 0.717) is 18.5 Å². The fourth-order valence-corrected chi connectivity index (χ4v) is 1.40. The number of benzene rings is 1. The topological polar surface area (TPSA) is 70.0 Å². The molecule has 0 aliphatic carbocycles. The summed E-state index contributed by atoms with van der Waals surface area (Å²) in [6, 6.07) is 7.59. The van der Waals surface area contributed by atoms with Crippen molar-refractivity contribution in [3.63, 3.8) is 0 Å². The van der Waals surface area contributed by atoms with Crippen molar-refractivity contribution in [2.45, 2.75) is 19.4 Å². The Balaban J connectivity index is 2.91. The average molecular weight is 190 g/mol. The lowest BCUT2D eigenvalue weighted by atomic mass is 10.0. The van der Waals surface area contributed by atoms with Crippen molar-refractivity contribution < 1.29 is 5.11 Å². The maximum atomic E-state index is 8.72. The first-order valence-corrected chi connectivity index (χ1v) is 4.64. The molecule has 3 heteroatoms. The zero-order valence-electron chi connectivity index (χ0n) is 8.03. The first kappa shape index (κ1) is 10.7. The minimum Gasteiger partial charge on any atom is -0.396 e. The van der Waals surface area contributed by atoms with E-state index in [1.165, 1.54) is 0 Å².